The number of benzene rings is 1. The second-order valence-corrected chi connectivity index (χ2v) is 7.64. The van der Waals surface area contributed by atoms with E-state index in [1.165, 1.54) is 23.9 Å². The number of aromatic nitrogens is 3. The highest BCUT2D eigenvalue weighted by atomic mass is 32.2. The van der Waals surface area contributed by atoms with Gasteiger partial charge in [0.25, 0.3) is 0 Å². The Balaban J connectivity index is 2.05. The molecule has 8 heteroatoms. The number of azide groups is 1. The van der Waals surface area contributed by atoms with Crippen LogP contribution in [0.15, 0.2) is 63.8 Å². The van der Waals surface area contributed by atoms with Gasteiger partial charge in [-0.1, -0.05) is 36.8 Å². The molecule has 0 saturated heterocycles. The third kappa shape index (κ3) is 4.91. The fourth-order valence-corrected chi connectivity index (χ4v) is 4.06. The maximum absolute atomic E-state index is 13.7. The predicted octanol–water partition coefficient (Wildman–Crippen LogP) is 5.59. The minimum absolute atomic E-state index is 0.202. The lowest BCUT2D eigenvalue weighted by atomic mass is 10.1. The van der Waals surface area contributed by atoms with Crippen molar-refractivity contribution in [2.75, 3.05) is 6.54 Å². The maximum Gasteiger partial charge on any atom is 0.124 e. The van der Waals surface area contributed by atoms with E-state index in [1.54, 1.807) is 18.5 Å². The van der Waals surface area contributed by atoms with Crippen LogP contribution in [0.1, 0.15) is 36.8 Å². The van der Waals surface area contributed by atoms with Gasteiger partial charge in [-0.25, -0.2) is 9.37 Å². The number of hydrogen-bond donors (Lipinski definition) is 0. The second-order valence-electron chi connectivity index (χ2n) is 6.58. The van der Waals surface area contributed by atoms with Crippen LogP contribution in [0.25, 0.3) is 10.4 Å². The molecule has 28 heavy (non-hydrogen) atoms. The Morgan fingerprint density at radius 3 is 2.71 bits per heavy atom. The van der Waals surface area contributed by atoms with E-state index in [1.807, 2.05) is 18.2 Å². The van der Waals surface area contributed by atoms with Crippen molar-refractivity contribution in [1.29, 1.82) is 0 Å². The fourth-order valence-electron chi connectivity index (χ4n) is 2.85. The molecule has 0 bridgehead atoms. The third-order valence-corrected chi connectivity index (χ3v) is 5.28. The summed E-state index contributed by atoms with van der Waals surface area (Å²) >= 11 is 1.50. The molecule has 2 aromatic heterocycles. The molecule has 0 N–H and O–H groups in total. The summed E-state index contributed by atoms with van der Waals surface area (Å²) in [5.74, 6) is 0.791. The average Bonchev–Trinajstić information content (AvgIpc) is 3.01. The van der Waals surface area contributed by atoms with Gasteiger partial charge in [0.1, 0.15) is 16.7 Å². The summed E-state index contributed by atoms with van der Waals surface area (Å²) in [7, 11) is 0. The first kappa shape index (κ1) is 19.9. The van der Waals surface area contributed by atoms with Crippen LogP contribution < -0.4 is 0 Å². The Bertz CT molecular complexity index is 980. The molecule has 0 amide bonds. The molecule has 3 rings (SSSR count). The van der Waals surface area contributed by atoms with Gasteiger partial charge < -0.3 is 4.57 Å². The van der Waals surface area contributed by atoms with Crippen LogP contribution in [-0.2, 0) is 13.0 Å². The number of imidazole rings is 1. The molecule has 0 radical (unpaired) electrons. The molecule has 0 spiro atoms. The lowest BCUT2D eigenvalue weighted by molar-refractivity contribution is 0.624. The number of halogens is 1. The van der Waals surface area contributed by atoms with E-state index in [-0.39, 0.29) is 11.7 Å². The molecule has 0 fully saturated rings. The zero-order valence-electron chi connectivity index (χ0n) is 15.8. The summed E-state index contributed by atoms with van der Waals surface area (Å²) < 4.78 is 15.8. The van der Waals surface area contributed by atoms with Crippen molar-refractivity contribution >= 4 is 11.8 Å². The summed E-state index contributed by atoms with van der Waals surface area (Å²) in [6.45, 7) is 5.13. The first-order valence-electron chi connectivity index (χ1n) is 9.01. The maximum atomic E-state index is 13.7. The van der Waals surface area contributed by atoms with Gasteiger partial charge in [-0.2, -0.15) is 0 Å². The van der Waals surface area contributed by atoms with Gasteiger partial charge in [0.15, 0.2) is 0 Å². The number of nitrogens with zero attached hydrogens (tertiary/aromatic N) is 6. The van der Waals surface area contributed by atoms with Crippen LogP contribution in [0.5, 0.6) is 0 Å². The van der Waals surface area contributed by atoms with Gasteiger partial charge in [0.05, 0.1) is 5.69 Å². The molecule has 144 valence electrons. The van der Waals surface area contributed by atoms with E-state index in [0.717, 1.165) is 27.0 Å². The first-order valence-corrected chi connectivity index (χ1v) is 9.82. The Kier molecular flexibility index (Phi) is 6.68. The second kappa shape index (κ2) is 9.39. The smallest absolute Gasteiger partial charge is 0.124 e. The summed E-state index contributed by atoms with van der Waals surface area (Å²) in [4.78, 5) is 12.6. The first-order chi connectivity index (χ1) is 13.6. The summed E-state index contributed by atoms with van der Waals surface area (Å²) in [5.41, 5.74) is 10.7. The minimum Gasteiger partial charge on any atom is -0.318 e. The molecule has 0 aliphatic carbocycles. The lowest BCUT2D eigenvalue weighted by Gasteiger charge is -2.13. The van der Waals surface area contributed by atoms with Gasteiger partial charge in [-0.3, -0.25) is 4.98 Å². The zero-order valence-corrected chi connectivity index (χ0v) is 16.6. The van der Waals surface area contributed by atoms with Gasteiger partial charge in [-0.15, -0.1) is 0 Å². The number of hydrogen-bond acceptors (Lipinski definition) is 4. The molecule has 3 aromatic rings. The largest absolute Gasteiger partial charge is 0.318 e. The normalized spacial score (nSPS) is 10.9. The van der Waals surface area contributed by atoms with E-state index in [9.17, 15) is 4.39 Å². The van der Waals surface area contributed by atoms with Crippen LogP contribution in [0.4, 0.5) is 4.39 Å². The Morgan fingerprint density at radius 2 is 2.04 bits per heavy atom. The summed E-state index contributed by atoms with van der Waals surface area (Å²) in [6.07, 6.45) is 4.06. The van der Waals surface area contributed by atoms with E-state index in [4.69, 9.17) is 10.5 Å². The van der Waals surface area contributed by atoms with Crippen molar-refractivity contribution in [3.8, 4) is 0 Å². The van der Waals surface area contributed by atoms with Crippen molar-refractivity contribution in [3.05, 3.63) is 82.1 Å². The molecular weight excluding hydrogens is 375 g/mol. The van der Waals surface area contributed by atoms with Crippen molar-refractivity contribution in [1.82, 2.24) is 14.5 Å². The highest BCUT2D eigenvalue weighted by Gasteiger charge is 2.20. The van der Waals surface area contributed by atoms with Crippen LogP contribution in [0.3, 0.4) is 0 Å². The van der Waals surface area contributed by atoms with Crippen molar-refractivity contribution in [2.45, 2.75) is 42.7 Å². The standard InChI is InChI=1S/C20H21FN6S/c1-14(2)19-20(28-17-5-3-4-16(21)12-17)27(13-15-6-9-23-10-7-15)18(25-19)8-11-24-26-22/h3-7,9-10,12,14H,8,11,13H2,1-2H3. The quantitative estimate of drug-likeness (QED) is 0.283. The van der Waals surface area contributed by atoms with Gasteiger partial charge in [0, 0.05) is 41.7 Å². The van der Waals surface area contributed by atoms with Gasteiger partial charge in [0.2, 0.25) is 0 Å². The molecule has 0 saturated carbocycles. The fraction of sp³-hybridized carbons (Fsp3) is 0.300. The lowest BCUT2D eigenvalue weighted by Crippen LogP contribution is -2.08. The van der Waals surface area contributed by atoms with Crippen LogP contribution in [0, 0.1) is 5.82 Å². The molecule has 0 aliphatic heterocycles. The van der Waals surface area contributed by atoms with Crippen LogP contribution in [-0.4, -0.2) is 21.1 Å². The molecular formula is C20H21FN6S. The zero-order chi connectivity index (χ0) is 19.9. The molecule has 0 aliphatic rings. The highest BCUT2D eigenvalue weighted by molar-refractivity contribution is 7.99. The van der Waals surface area contributed by atoms with Crippen molar-refractivity contribution in [2.24, 2.45) is 5.11 Å². The number of rotatable bonds is 8. The van der Waals surface area contributed by atoms with Gasteiger partial charge >= 0.3 is 0 Å². The summed E-state index contributed by atoms with van der Waals surface area (Å²) in [5, 5.41) is 4.64. The van der Waals surface area contributed by atoms with Crippen molar-refractivity contribution in [3.63, 3.8) is 0 Å². The van der Waals surface area contributed by atoms with E-state index in [0.29, 0.717) is 19.5 Å². The Morgan fingerprint density at radius 1 is 1.25 bits per heavy atom. The SMILES string of the molecule is CC(C)c1nc(CCN=[N+]=[N-])n(Cc2ccncc2)c1Sc1cccc(F)c1. The van der Waals surface area contributed by atoms with E-state index >= 15 is 0 Å². The molecule has 6 nitrogen and oxygen atoms in total. The average molecular weight is 396 g/mol. The molecule has 0 unspecified atom stereocenters. The highest BCUT2D eigenvalue weighted by Crippen LogP contribution is 2.35. The van der Waals surface area contributed by atoms with Crippen LogP contribution in [0.2, 0.25) is 0 Å². The monoisotopic (exact) mass is 396 g/mol. The summed E-state index contributed by atoms with van der Waals surface area (Å²) in [6, 6.07) is 10.5. The Labute approximate surface area is 167 Å². The predicted molar refractivity (Wildman–Crippen MR) is 108 cm³/mol. The van der Waals surface area contributed by atoms with E-state index < -0.39 is 0 Å². The molecule has 0 atom stereocenters. The topological polar surface area (TPSA) is 79.5 Å². The molecule has 2 heterocycles. The van der Waals surface area contributed by atoms with Gasteiger partial charge in [-0.05, 0) is 47.3 Å². The van der Waals surface area contributed by atoms with Crippen LogP contribution >= 0.6 is 11.8 Å². The number of pyridine rings is 1. The van der Waals surface area contributed by atoms with Crippen molar-refractivity contribution < 1.29 is 4.39 Å². The van der Waals surface area contributed by atoms with E-state index in [2.05, 4.69) is 33.4 Å². The molecule has 1 aromatic carbocycles. The Hall–Kier alpha value is -2.83. The minimum atomic E-state index is -0.264. The third-order valence-electron chi connectivity index (χ3n) is 4.17.